The van der Waals surface area contributed by atoms with Crippen LogP contribution in [0.1, 0.15) is 35.3 Å². The van der Waals surface area contributed by atoms with Gasteiger partial charge in [0.2, 0.25) is 0 Å². The number of aryl methyl sites for hydroxylation is 2. The number of rotatable bonds is 9. The van der Waals surface area contributed by atoms with Gasteiger partial charge in [-0.2, -0.15) is 0 Å². The Kier molecular flexibility index (Phi) is 9.31. The summed E-state index contributed by atoms with van der Waals surface area (Å²) in [6.45, 7) is 11.4. The molecule has 0 fully saturated rings. The Morgan fingerprint density at radius 2 is 1.66 bits per heavy atom. The molecular formula is C24H32ClN3O3S. The van der Waals surface area contributed by atoms with Gasteiger partial charge in [0.05, 0.1) is 14.2 Å². The highest BCUT2D eigenvalue weighted by molar-refractivity contribution is 7.22. The molecule has 0 unspecified atom stereocenters. The van der Waals surface area contributed by atoms with E-state index in [9.17, 15) is 4.79 Å². The molecule has 1 aromatic heterocycles. The van der Waals surface area contributed by atoms with Crippen molar-refractivity contribution in [3.63, 3.8) is 0 Å². The van der Waals surface area contributed by atoms with Gasteiger partial charge in [-0.1, -0.05) is 42.9 Å². The number of thiazole rings is 1. The van der Waals surface area contributed by atoms with Crippen molar-refractivity contribution in [1.82, 2.24) is 9.88 Å². The average Bonchev–Trinajstić information content (AvgIpc) is 3.22. The van der Waals surface area contributed by atoms with Crippen molar-refractivity contribution in [2.75, 3.05) is 45.3 Å². The number of anilines is 1. The van der Waals surface area contributed by atoms with Gasteiger partial charge in [-0.25, -0.2) is 4.98 Å². The summed E-state index contributed by atoms with van der Waals surface area (Å²) in [5.41, 5.74) is 3.44. The molecule has 2 aromatic carbocycles. The van der Waals surface area contributed by atoms with Crippen molar-refractivity contribution in [1.29, 1.82) is 0 Å². The lowest BCUT2D eigenvalue weighted by atomic mass is 10.0. The van der Waals surface area contributed by atoms with Gasteiger partial charge in [0.1, 0.15) is 21.7 Å². The number of methoxy groups -OCH3 is 2. The van der Waals surface area contributed by atoms with Gasteiger partial charge >= 0.3 is 0 Å². The van der Waals surface area contributed by atoms with Crippen LogP contribution in [0.15, 0.2) is 30.3 Å². The van der Waals surface area contributed by atoms with E-state index in [2.05, 4.69) is 18.7 Å². The number of nitrogens with zero attached hydrogens (tertiary/aromatic N) is 3. The van der Waals surface area contributed by atoms with Gasteiger partial charge in [0.15, 0.2) is 5.13 Å². The molecule has 32 heavy (non-hydrogen) atoms. The Labute approximate surface area is 200 Å². The first-order valence-corrected chi connectivity index (χ1v) is 11.4. The zero-order chi connectivity index (χ0) is 22.5. The van der Waals surface area contributed by atoms with Crippen LogP contribution < -0.4 is 14.4 Å². The molecule has 0 N–H and O–H groups in total. The number of ether oxygens (including phenoxy) is 2. The molecule has 1 amide bonds. The quantitative estimate of drug-likeness (QED) is 0.416. The van der Waals surface area contributed by atoms with Crippen LogP contribution in [0.3, 0.4) is 0 Å². The largest absolute Gasteiger partial charge is 0.495 e. The summed E-state index contributed by atoms with van der Waals surface area (Å²) >= 11 is 1.46. The lowest BCUT2D eigenvalue weighted by molar-refractivity contribution is 0.0983. The number of fused-ring (bicyclic) bond motifs is 1. The highest BCUT2D eigenvalue weighted by atomic mass is 35.5. The van der Waals surface area contributed by atoms with Crippen molar-refractivity contribution in [3.8, 4) is 11.5 Å². The number of carbonyl (C=O) groups excluding carboxylic acids is 1. The van der Waals surface area contributed by atoms with Crippen molar-refractivity contribution in [2.24, 2.45) is 0 Å². The van der Waals surface area contributed by atoms with Crippen LogP contribution in [0.25, 0.3) is 10.2 Å². The van der Waals surface area contributed by atoms with E-state index in [4.69, 9.17) is 14.5 Å². The third-order valence-electron chi connectivity index (χ3n) is 5.53. The second-order valence-electron chi connectivity index (χ2n) is 7.45. The highest BCUT2D eigenvalue weighted by Gasteiger charge is 2.25. The van der Waals surface area contributed by atoms with Crippen LogP contribution >= 0.6 is 23.7 Å². The summed E-state index contributed by atoms with van der Waals surface area (Å²) in [6.07, 6.45) is 0. The minimum Gasteiger partial charge on any atom is -0.495 e. The second-order valence-corrected chi connectivity index (χ2v) is 8.42. The lowest BCUT2D eigenvalue weighted by Crippen LogP contribution is -2.39. The molecule has 1 heterocycles. The molecule has 0 radical (unpaired) electrons. The van der Waals surface area contributed by atoms with Crippen LogP contribution in [-0.2, 0) is 0 Å². The Morgan fingerprint density at radius 1 is 1.00 bits per heavy atom. The Morgan fingerprint density at radius 3 is 2.28 bits per heavy atom. The van der Waals surface area contributed by atoms with E-state index in [1.807, 2.05) is 44.2 Å². The van der Waals surface area contributed by atoms with Crippen LogP contribution in [0, 0.1) is 13.8 Å². The molecule has 0 atom stereocenters. The van der Waals surface area contributed by atoms with Gasteiger partial charge in [-0.05, 0) is 50.7 Å². The fourth-order valence-electron chi connectivity index (χ4n) is 3.57. The number of amides is 1. The van der Waals surface area contributed by atoms with E-state index in [1.54, 1.807) is 19.1 Å². The molecule has 0 aliphatic carbocycles. The van der Waals surface area contributed by atoms with Gasteiger partial charge in [0, 0.05) is 18.7 Å². The smallest absolute Gasteiger partial charge is 0.260 e. The fourth-order valence-corrected chi connectivity index (χ4v) is 4.67. The Hall–Kier alpha value is -2.35. The molecule has 0 aliphatic heterocycles. The second kappa shape index (κ2) is 11.5. The van der Waals surface area contributed by atoms with Gasteiger partial charge in [-0.3, -0.25) is 9.69 Å². The van der Waals surface area contributed by atoms with Crippen molar-refractivity contribution in [3.05, 3.63) is 47.0 Å². The van der Waals surface area contributed by atoms with E-state index >= 15 is 0 Å². The van der Waals surface area contributed by atoms with Crippen LogP contribution in [0.5, 0.6) is 11.5 Å². The first-order chi connectivity index (χ1) is 14.9. The molecule has 8 heteroatoms. The predicted octanol–water partition coefficient (Wildman–Crippen LogP) is 5.34. The summed E-state index contributed by atoms with van der Waals surface area (Å²) in [4.78, 5) is 22.6. The molecule has 0 aliphatic rings. The van der Waals surface area contributed by atoms with E-state index in [0.717, 1.165) is 41.2 Å². The molecule has 0 spiro atoms. The lowest BCUT2D eigenvalue weighted by Gasteiger charge is -2.25. The van der Waals surface area contributed by atoms with Crippen molar-refractivity contribution < 1.29 is 14.3 Å². The molecule has 0 saturated carbocycles. The van der Waals surface area contributed by atoms with E-state index in [0.29, 0.717) is 28.5 Å². The van der Waals surface area contributed by atoms with E-state index < -0.39 is 0 Å². The van der Waals surface area contributed by atoms with E-state index in [-0.39, 0.29) is 18.3 Å². The summed E-state index contributed by atoms with van der Waals surface area (Å²) in [7, 11) is 3.26. The molecular weight excluding hydrogens is 446 g/mol. The van der Waals surface area contributed by atoms with Crippen molar-refractivity contribution >= 4 is 45.0 Å². The molecule has 6 nitrogen and oxygen atoms in total. The number of halogens is 1. The zero-order valence-corrected chi connectivity index (χ0v) is 21.2. The average molecular weight is 478 g/mol. The highest BCUT2D eigenvalue weighted by Crippen LogP contribution is 2.40. The Balaban J connectivity index is 0.00000363. The standard InChI is InChI=1S/C24H31N3O3S.ClH/c1-7-26(8-2)13-14-27(23(28)18-15-16(3)9-10-17(18)4)24-25-21-19(29-5)11-12-20(30-6)22(21)31-24;/h9-12,15H,7-8,13-14H2,1-6H3;1H. The monoisotopic (exact) mass is 477 g/mol. The number of hydrogen-bond acceptors (Lipinski definition) is 6. The third kappa shape index (κ3) is 5.34. The molecule has 3 aromatic rings. The van der Waals surface area contributed by atoms with Crippen LogP contribution in [0.2, 0.25) is 0 Å². The summed E-state index contributed by atoms with van der Waals surface area (Å²) < 4.78 is 11.9. The summed E-state index contributed by atoms with van der Waals surface area (Å²) in [6, 6.07) is 9.69. The SMILES string of the molecule is CCN(CC)CCN(C(=O)c1cc(C)ccc1C)c1nc2c(OC)ccc(OC)c2s1.Cl. The number of aromatic nitrogens is 1. The zero-order valence-electron chi connectivity index (χ0n) is 19.6. The number of likely N-dealkylation sites (N-methyl/N-ethyl adjacent to an activating group) is 1. The maximum Gasteiger partial charge on any atom is 0.260 e. The molecule has 174 valence electrons. The van der Waals surface area contributed by atoms with Gasteiger partial charge in [-0.15, -0.1) is 12.4 Å². The third-order valence-corrected chi connectivity index (χ3v) is 6.63. The predicted molar refractivity (Wildman–Crippen MR) is 135 cm³/mol. The minimum absolute atomic E-state index is 0. The normalized spacial score (nSPS) is 10.8. The molecule has 3 rings (SSSR count). The van der Waals surface area contributed by atoms with Gasteiger partial charge in [0.25, 0.3) is 5.91 Å². The number of carbonyl (C=O) groups is 1. The first kappa shape index (κ1) is 25.9. The minimum atomic E-state index is -0.0367. The maximum absolute atomic E-state index is 13.7. The van der Waals surface area contributed by atoms with Gasteiger partial charge < -0.3 is 14.4 Å². The maximum atomic E-state index is 13.7. The Bertz CT molecular complexity index is 1030. The van der Waals surface area contributed by atoms with E-state index in [1.165, 1.54) is 11.3 Å². The summed E-state index contributed by atoms with van der Waals surface area (Å²) in [5, 5.41) is 0.649. The van der Waals surface area contributed by atoms with Crippen LogP contribution in [0.4, 0.5) is 5.13 Å². The number of hydrogen-bond donors (Lipinski definition) is 0. The number of benzene rings is 2. The molecule has 0 saturated heterocycles. The summed E-state index contributed by atoms with van der Waals surface area (Å²) in [5.74, 6) is 1.36. The first-order valence-electron chi connectivity index (χ1n) is 10.6. The topological polar surface area (TPSA) is 54.9 Å². The fraction of sp³-hybridized carbons (Fsp3) is 0.417. The van der Waals surface area contributed by atoms with Crippen molar-refractivity contribution in [2.45, 2.75) is 27.7 Å². The van der Waals surface area contributed by atoms with Crippen LogP contribution in [-0.4, -0.2) is 56.2 Å². The molecule has 0 bridgehead atoms.